The highest BCUT2D eigenvalue weighted by atomic mass is 16.5. The van der Waals surface area contributed by atoms with Crippen molar-refractivity contribution < 1.29 is 24.2 Å². The summed E-state index contributed by atoms with van der Waals surface area (Å²) in [5.74, 6) is -1.41. The number of ether oxygens (including phenoxy) is 2. The molecule has 0 aliphatic carbocycles. The van der Waals surface area contributed by atoms with Gasteiger partial charge in [0.2, 0.25) is 0 Å². The standard InChI is InChI=1S/C17H13NO5/c1-11(19)23-16-7-14(17(20)21)6-15(8-16)22-10-13-5-3-2-4-12(13)9-18/h2-8H,10H2,1H3,(H,20,21). The van der Waals surface area contributed by atoms with Gasteiger partial charge in [-0.1, -0.05) is 18.2 Å². The van der Waals surface area contributed by atoms with Gasteiger partial charge in [-0.15, -0.1) is 0 Å². The second-order valence-electron chi connectivity index (χ2n) is 4.65. The van der Waals surface area contributed by atoms with Crippen molar-refractivity contribution in [3.63, 3.8) is 0 Å². The summed E-state index contributed by atoms with van der Waals surface area (Å²) in [6.45, 7) is 1.31. The molecule has 0 radical (unpaired) electrons. The van der Waals surface area contributed by atoms with E-state index in [1.54, 1.807) is 24.3 Å². The summed E-state index contributed by atoms with van der Waals surface area (Å²) in [5.41, 5.74) is 1.08. The van der Waals surface area contributed by atoms with Crippen LogP contribution in [0.3, 0.4) is 0 Å². The molecule has 0 aliphatic heterocycles. The second kappa shape index (κ2) is 7.09. The van der Waals surface area contributed by atoms with Crippen molar-refractivity contribution in [1.29, 1.82) is 5.26 Å². The van der Waals surface area contributed by atoms with Crippen molar-refractivity contribution in [2.75, 3.05) is 0 Å². The van der Waals surface area contributed by atoms with Crippen LogP contribution in [0.25, 0.3) is 0 Å². The fourth-order valence-electron chi connectivity index (χ4n) is 1.92. The summed E-state index contributed by atoms with van der Waals surface area (Å²) in [5, 5.41) is 18.1. The molecule has 0 unspecified atom stereocenters. The molecule has 0 spiro atoms. The molecule has 0 heterocycles. The van der Waals surface area contributed by atoms with Crippen LogP contribution in [-0.4, -0.2) is 17.0 Å². The molecule has 0 saturated heterocycles. The fraction of sp³-hybridized carbons (Fsp3) is 0.118. The Morgan fingerprint density at radius 2 is 1.87 bits per heavy atom. The lowest BCUT2D eigenvalue weighted by Gasteiger charge is -2.10. The number of hydrogen-bond acceptors (Lipinski definition) is 5. The highest BCUT2D eigenvalue weighted by molar-refractivity contribution is 5.89. The van der Waals surface area contributed by atoms with Gasteiger partial charge in [-0.3, -0.25) is 4.79 Å². The first-order valence-electron chi connectivity index (χ1n) is 6.67. The summed E-state index contributed by atoms with van der Waals surface area (Å²) in [6, 6.07) is 13.0. The number of benzene rings is 2. The van der Waals surface area contributed by atoms with Gasteiger partial charge in [0.1, 0.15) is 18.1 Å². The number of carboxylic acid groups (broad SMARTS) is 1. The molecule has 2 rings (SSSR count). The van der Waals surface area contributed by atoms with Crippen LogP contribution in [-0.2, 0) is 11.4 Å². The third-order valence-corrected chi connectivity index (χ3v) is 2.92. The fourth-order valence-corrected chi connectivity index (χ4v) is 1.92. The third-order valence-electron chi connectivity index (χ3n) is 2.92. The minimum Gasteiger partial charge on any atom is -0.489 e. The first-order valence-corrected chi connectivity index (χ1v) is 6.67. The molecular formula is C17H13NO5. The molecule has 0 bridgehead atoms. The van der Waals surface area contributed by atoms with E-state index in [4.69, 9.17) is 19.8 Å². The Bertz CT molecular complexity index is 792. The van der Waals surface area contributed by atoms with E-state index in [1.807, 2.05) is 0 Å². The van der Waals surface area contributed by atoms with E-state index in [9.17, 15) is 9.59 Å². The molecule has 0 amide bonds. The number of esters is 1. The van der Waals surface area contributed by atoms with Gasteiger partial charge < -0.3 is 14.6 Å². The number of carbonyl (C=O) groups excluding carboxylic acids is 1. The maximum Gasteiger partial charge on any atom is 0.335 e. The van der Waals surface area contributed by atoms with Gasteiger partial charge in [-0.25, -0.2) is 4.79 Å². The monoisotopic (exact) mass is 311 g/mol. The Morgan fingerprint density at radius 1 is 1.17 bits per heavy atom. The topological polar surface area (TPSA) is 96.6 Å². The largest absolute Gasteiger partial charge is 0.489 e. The minimum atomic E-state index is -1.17. The molecule has 2 aromatic carbocycles. The predicted molar refractivity (Wildman–Crippen MR) is 80.2 cm³/mol. The van der Waals surface area contributed by atoms with Crippen molar-refractivity contribution in [2.45, 2.75) is 13.5 Å². The van der Waals surface area contributed by atoms with E-state index in [0.29, 0.717) is 11.1 Å². The summed E-state index contributed by atoms with van der Waals surface area (Å²) >= 11 is 0. The molecule has 0 aromatic heterocycles. The molecule has 2 aromatic rings. The molecule has 0 saturated carbocycles. The average Bonchev–Trinajstić information content (AvgIpc) is 2.52. The molecular weight excluding hydrogens is 298 g/mol. The van der Waals surface area contributed by atoms with E-state index < -0.39 is 11.9 Å². The summed E-state index contributed by atoms with van der Waals surface area (Å²) in [4.78, 5) is 22.1. The molecule has 23 heavy (non-hydrogen) atoms. The van der Waals surface area contributed by atoms with Gasteiger partial charge in [0, 0.05) is 18.6 Å². The highest BCUT2D eigenvalue weighted by Crippen LogP contribution is 2.24. The van der Waals surface area contributed by atoms with Crippen molar-refractivity contribution >= 4 is 11.9 Å². The molecule has 116 valence electrons. The molecule has 6 heteroatoms. The van der Waals surface area contributed by atoms with Gasteiger partial charge in [-0.2, -0.15) is 5.26 Å². The van der Waals surface area contributed by atoms with Crippen LogP contribution in [0.5, 0.6) is 11.5 Å². The maximum atomic E-state index is 11.1. The van der Waals surface area contributed by atoms with Crippen LogP contribution in [0.15, 0.2) is 42.5 Å². The normalized spacial score (nSPS) is 9.74. The van der Waals surface area contributed by atoms with Gasteiger partial charge in [0.25, 0.3) is 0 Å². The SMILES string of the molecule is CC(=O)Oc1cc(OCc2ccccc2C#N)cc(C(=O)O)c1. The van der Waals surface area contributed by atoms with Crippen LogP contribution in [0.2, 0.25) is 0 Å². The smallest absolute Gasteiger partial charge is 0.335 e. The van der Waals surface area contributed by atoms with Crippen LogP contribution in [0, 0.1) is 11.3 Å². The van der Waals surface area contributed by atoms with E-state index in [2.05, 4.69) is 6.07 Å². The number of aromatic carboxylic acids is 1. The van der Waals surface area contributed by atoms with Gasteiger partial charge in [-0.05, 0) is 18.2 Å². The maximum absolute atomic E-state index is 11.1. The third kappa shape index (κ3) is 4.32. The quantitative estimate of drug-likeness (QED) is 0.673. The Hall–Kier alpha value is -3.33. The Kier molecular flexibility index (Phi) is 4.95. The van der Waals surface area contributed by atoms with Crippen LogP contribution < -0.4 is 9.47 Å². The number of carboxylic acids is 1. The van der Waals surface area contributed by atoms with Crippen molar-refractivity contribution in [1.82, 2.24) is 0 Å². The predicted octanol–water partition coefficient (Wildman–Crippen LogP) is 2.76. The number of nitrogens with zero attached hydrogens (tertiary/aromatic N) is 1. The highest BCUT2D eigenvalue weighted by Gasteiger charge is 2.11. The zero-order chi connectivity index (χ0) is 16.8. The lowest BCUT2D eigenvalue weighted by atomic mass is 10.1. The van der Waals surface area contributed by atoms with Gasteiger partial charge in [0.05, 0.1) is 17.2 Å². The van der Waals surface area contributed by atoms with Crippen LogP contribution in [0.1, 0.15) is 28.4 Å². The molecule has 0 aliphatic rings. The average molecular weight is 311 g/mol. The van der Waals surface area contributed by atoms with E-state index in [0.717, 1.165) is 0 Å². The summed E-state index contributed by atoms with van der Waals surface area (Å²) in [7, 11) is 0. The van der Waals surface area contributed by atoms with Gasteiger partial charge >= 0.3 is 11.9 Å². The summed E-state index contributed by atoms with van der Waals surface area (Å²) < 4.78 is 10.4. The first-order chi connectivity index (χ1) is 11.0. The van der Waals surface area contributed by atoms with Crippen molar-refractivity contribution in [2.24, 2.45) is 0 Å². The van der Waals surface area contributed by atoms with E-state index in [1.165, 1.54) is 25.1 Å². The second-order valence-corrected chi connectivity index (χ2v) is 4.65. The van der Waals surface area contributed by atoms with Crippen LogP contribution in [0.4, 0.5) is 0 Å². The lowest BCUT2D eigenvalue weighted by molar-refractivity contribution is -0.131. The van der Waals surface area contributed by atoms with Crippen LogP contribution >= 0.6 is 0 Å². The van der Waals surface area contributed by atoms with Gasteiger partial charge in [0.15, 0.2) is 0 Å². The number of rotatable bonds is 5. The summed E-state index contributed by atoms with van der Waals surface area (Å²) in [6.07, 6.45) is 0. The zero-order valence-corrected chi connectivity index (χ0v) is 12.3. The first kappa shape index (κ1) is 16.0. The minimum absolute atomic E-state index is 0.0627. The number of carbonyl (C=O) groups is 2. The van der Waals surface area contributed by atoms with E-state index in [-0.39, 0.29) is 23.7 Å². The number of hydrogen-bond donors (Lipinski definition) is 1. The van der Waals surface area contributed by atoms with Crippen molar-refractivity contribution in [3.05, 3.63) is 59.2 Å². The molecule has 1 N–H and O–H groups in total. The Labute approximate surface area is 132 Å². The molecule has 0 fully saturated rings. The van der Waals surface area contributed by atoms with Crippen molar-refractivity contribution in [3.8, 4) is 17.6 Å². The molecule has 6 nitrogen and oxygen atoms in total. The number of nitriles is 1. The van der Waals surface area contributed by atoms with E-state index >= 15 is 0 Å². The lowest BCUT2D eigenvalue weighted by Crippen LogP contribution is -2.05. The Balaban J connectivity index is 2.25. The Morgan fingerprint density at radius 3 is 2.52 bits per heavy atom. The zero-order valence-electron chi connectivity index (χ0n) is 12.3. The molecule has 0 atom stereocenters.